The number of primary amides is 1. The number of rotatable bonds is 6. The highest BCUT2D eigenvalue weighted by Crippen LogP contribution is 2.20. The third-order valence-corrected chi connectivity index (χ3v) is 3.26. The third-order valence-electron chi connectivity index (χ3n) is 2.89. The van der Waals surface area contributed by atoms with E-state index in [1.807, 2.05) is 6.92 Å². The molecule has 0 saturated heterocycles. The standard InChI is InChI=1S/C11H17ClN4O/c1-7-9(12)6-16(15-7)5-4-10(11(13)17)14-8-2-3-8/h6,8,10,14H,2-5H2,1H3,(H2,13,17). The van der Waals surface area contributed by atoms with Crippen molar-refractivity contribution < 1.29 is 4.79 Å². The van der Waals surface area contributed by atoms with Gasteiger partial charge < -0.3 is 11.1 Å². The van der Waals surface area contributed by atoms with E-state index in [9.17, 15) is 4.79 Å². The number of amides is 1. The molecule has 0 spiro atoms. The molecule has 1 aliphatic rings. The van der Waals surface area contributed by atoms with Gasteiger partial charge in [0.2, 0.25) is 5.91 Å². The van der Waals surface area contributed by atoms with E-state index < -0.39 is 0 Å². The third kappa shape index (κ3) is 3.44. The van der Waals surface area contributed by atoms with Crippen LogP contribution in [0.3, 0.4) is 0 Å². The molecular weight excluding hydrogens is 240 g/mol. The Morgan fingerprint density at radius 3 is 2.94 bits per heavy atom. The van der Waals surface area contributed by atoms with Crippen LogP contribution in [0.2, 0.25) is 5.02 Å². The average molecular weight is 257 g/mol. The lowest BCUT2D eigenvalue weighted by molar-refractivity contribution is -0.120. The van der Waals surface area contributed by atoms with Crippen molar-refractivity contribution in [2.45, 2.75) is 44.8 Å². The molecule has 0 bridgehead atoms. The van der Waals surface area contributed by atoms with Crippen LogP contribution in [0.15, 0.2) is 6.20 Å². The zero-order chi connectivity index (χ0) is 12.4. The number of hydrogen-bond acceptors (Lipinski definition) is 3. The van der Waals surface area contributed by atoms with Gasteiger partial charge in [0.25, 0.3) is 0 Å². The summed E-state index contributed by atoms with van der Waals surface area (Å²) in [7, 11) is 0. The van der Waals surface area contributed by atoms with Crippen LogP contribution in [0.5, 0.6) is 0 Å². The highest BCUT2D eigenvalue weighted by atomic mass is 35.5. The molecule has 0 radical (unpaired) electrons. The second-order valence-electron chi connectivity index (χ2n) is 4.51. The normalized spacial score (nSPS) is 17.1. The number of aryl methyl sites for hydroxylation is 2. The summed E-state index contributed by atoms with van der Waals surface area (Å²) in [5, 5.41) is 8.12. The lowest BCUT2D eigenvalue weighted by atomic mass is 10.2. The van der Waals surface area contributed by atoms with Crippen molar-refractivity contribution in [3.8, 4) is 0 Å². The molecule has 1 unspecified atom stereocenters. The van der Waals surface area contributed by atoms with Crippen LogP contribution < -0.4 is 11.1 Å². The number of nitrogens with one attached hydrogen (secondary N) is 1. The van der Waals surface area contributed by atoms with Crippen LogP contribution in [-0.2, 0) is 11.3 Å². The van der Waals surface area contributed by atoms with Crippen molar-refractivity contribution in [2.75, 3.05) is 0 Å². The van der Waals surface area contributed by atoms with Crippen LogP contribution in [0, 0.1) is 6.92 Å². The summed E-state index contributed by atoms with van der Waals surface area (Å²) in [5.74, 6) is -0.299. The Bertz CT molecular complexity index is 394. The van der Waals surface area contributed by atoms with Gasteiger partial charge >= 0.3 is 0 Å². The summed E-state index contributed by atoms with van der Waals surface area (Å²) >= 11 is 5.91. The smallest absolute Gasteiger partial charge is 0.234 e. The van der Waals surface area contributed by atoms with Crippen molar-refractivity contribution in [1.82, 2.24) is 15.1 Å². The highest BCUT2D eigenvalue weighted by molar-refractivity contribution is 6.31. The molecule has 94 valence electrons. The summed E-state index contributed by atoms with van der Waals surface area (Å²) in [6, 6.07) is 0.196. The zero-order valence-corrected chi connectivity index (χ0v) is 10.6. The van der Waals surface area contributed by atoms with E-state index in [0.29, 0.717) is 24.0 Å². The van der Waals surface area contributed by atoms with Crippen LogP contribution in [0.25, 0.3) is 0 Å². The van der Waals surface area contributed by atoms with Gasteiger partial charge in [-0.1, -0.05) is 11.6 Å². The Morgan fingerprint density at radius 2 is 2.47 bits per heavy atom. The lowest BCUT2D eigenvalue weighted by Gasteiger charge is -2.14. The molecule has 5 nitrogen and oxygen atoms in total. The first-order valence-electron chi connectivity index (χ1n) is 5.81. The molecule has 6 heteroatoms. The Balaban J connectivity index is 1.87. The largest absolute Gasteiger partial charge is 0.368 e. The van der Waals surface area contributed by atoms with E-state index in [0.717, 1.165) is 18.5 Å². The number of aromatic nitrogens is 2. The maximum Gasteiger partial charge on any atom is 0.234 e. The van der Waals surface area contributed by atoms with Gasteiger partial charge in [0.15, 0.2) is 0 Å². The van der Waals surface area contributed by atoms with Gasteiger partial charge in [0.05, 0.1) is 16.8 Å². The molecule has 2 rings (SSSR count). The molecular formula is C11H17ClN4O. The molecule has 1 saturated carbocycles. The molecule has 1 fully saturated rings. The number of hydrogen-bond donors (Lipinski definition) is 2. The minimum atomic E-state index is -0.299. The van der Waals surface area contributed by atoms with Crippen molar-refractivity contribution in [1.29, 1.82) is 0 Å². The molecule has 1 atom stereocenters. The molecule has 17 heavy (non-hydrogen) atoms. The molecule has 3 N–H and O–H groups in total. The maximum atomic E-state index is 11.3. The van der Waals surface area contributed by atoms with E-state index in [2.05, 4.69) is 10.4 Å². The van der Waals surface area contributed by atoms with Gasteiger partial charge in [0.1, 0.15) is 0 Å². The summed E-state index contributed by atoms with van der Waals surface area (Å²) in [4.78, 5) is 11.3. The number of halogens is 1. The van der Waals surface area contributed by atoms with Crippen LogP contribution in [-0.4, -0.2) is 27.8 Å². The number of nitrogens with zero attached hydrogens (tertiary/aromatic N) is 2. The summed E-state index contributed by atoms with van der Waals surface area (Å²) in [6.07, 6.45) is 4.68. The van der Waals surface area contributed by atoms with Gasteiger partial charge in [-0.25, -0.2) is 0 Å². The molecule has 0 aromatic carbocycles. The maximum absolute atomic E-state index is 11.3. The first-order valence-corrected chi connectivity index (χ1v) is 6.19. The van der Waals surface area contributed by atoms with Gasteiger partial charge in [-0.2, -0.15) is 5.10 Å². The second kappa shape index (κ2) is 5.06. The summed E-state index contributed by atoms with van der Waals surface area (Å²) in [5.41, 5.74) is 6.16. The predicted molar refractivity (Wildman–Crippen MR) is 65.7 cm³/mol. The molecule has 1 heterocycles. The SMILES string of the molecule is Cc1nn(CCC(NC2CC2)C(N)=O)cc1Cl. The fourth-order valence-corrected chi connectivity index (χ4v) is 1.86. The van der Waals surface area contributed by atoms with Crippen molar-refractivity contribution in [3.05, 3.63) is 16.9 Å². The number of nitrogens with two attached hydrogens (primary N) is 1. The van der Waals surface area contributed by atoms with Gasteiger partial charge in [-0.3, -0.25) is 9.48 Å². The van der Waals surface area contributed by atoms with Gasteiger partial charge in [0, 0.05) is 18.8 Å². The predicted octanol–water partition coefficient (Wildman–Crippen LogP) is 0.841. The van der Waals surface area contributed by atoms with Crippen LogP contribution in [0.4, 0.5) is 0 Å². The lowest BCUT2D eigenvalue weighted by Crippen LogP contribution is -2.43. The summed E-state index contributed by atoms with van der Waals surface area (Å²) < 4.78 is 1.75. The van der Waals surface area contributed by atoms with Gasteiger partial charge in [-0.15, -0.1) is 0 Å². The molecule has 1 aliphatic carbocycles. The Hall–Kier alpha value is -1.07. The van der Waals surface area contributed by atoms with Crippen molar-refractivity contribution >= 4 is 17.5 Å². The Kier molecular flexibility index (Phi) is 3.69. The topological polar surface area (TPSA) is 72.9 Å². The first-order chi connectivity index (χ1) is 8.06. The highest BCUT2D eigenvalue weighted by Gasteiger charge is 2.27. The zero-order valence-electron chi connectivity index (χ0n) is 9.82. The van der Waals surface area contributed by atoms with Crippen molar-refractivity contribution in [2.24, 2.45) is 5.73 Å². The monoisotopic (exact) mass is 256 g/mol. The fraction of sp³-hybridized carbons (Fsp3) is 0.636. The fourth-order valence-electron chi connectivity index (χ4n) is 1.71. The number of carbonyl (C=O) groups is 1. The van der Waals surface area contributed by atoms with E-state index in [1.165, 1.54) is 0 Å². The van der Waals surface area contributed by atoms with Gasteiger partial charge in [-0.05, 0) is 26.2 Å². The first kappa shape index (κ1) is 12.4. The average Bonchev–Trinajstić information content (AvgIpc) is 3.01. The molecule has 0 aliphatic heterocycles. The number of carbonyl (C=O) groups excluding carboxylic acids is 1. The van der Waals surface area contributed by atoms with Crippen molar-refractivity contribution in [3.63, 3.8) is 0 Å². The molecule has 1 aromatic heterocycles. The molecule has 1 amide bonds. The quantitative estimate of drug-likeness (QED) is 0.792. The minimum absolute atomic E-state index is 0.272. The summed E-state index contributed by atoms with van der Waals surface area (Å²) in [6.45, 7) is 2.49. The van der Waals surface area contributed by atoms with E-state index in [4.69, 9.17) is 17.3 Å². The Morgan fingerprint density at radius 1 is 1.76 bits per heavy atom. The van der Waals surface area contributed by atoms with Crippen LogP contribution >= 0.6 is 11.6 Å². The Labute approximate surface area is 105 Å². The van der Waals surface area contributed by atoms with E-state index in [1.54, 1.807) is 10.9 Å². The van der Waals surface area contributed by atoms with Crippen LogP contribution in [0.1, 0.15) is 25.0 Å². The van der Waals surface area contributed by atoms with E-state index in [-0.39, 0.29) is 11.9 Å². The second-order valence-corrected chi connectivity index (χ2v) is 4.92. The minimum Gasteiger partial charge on any atom is -0.368 e. The van der Waals surface area contributed by atoms with E-state index >= 15 is 0 Å². The molecule has 1 aromatic rings.